The van der Waals surface area contributed by atoms with E-state index in [9.17, 15) is 17.6 Å². The van der Waals surface area contributed by atoms with Gasteiger partial charge in [-0.15, -0.1) is 0 Å². The van der Waals surface area contributed by atoms with Gasteiger partial charge in [0.1, 0.15) is 11.5 Å². The van der Waals surface area contributed by atoms with Gasteiger partial charge in [0.15, 0.2) is 0 Å². The highest BCUT2D eigenvalue weighted by atomic mass is 32.2. The Morgan fingerprint density at radius 1 is 1.31 bits per heavy atom. The first-order chi connectivity index (χ1) is 13.9. The number of aromatic amines is 1. The number of fused-ring (bicyclic) bond motifs is 1. The van der Waals surface area contributed by atoms with E-state index in [0.717, 1.165) is 12.8 Å². The number of carbonyl (C=O) groups excluding carboxylic acids is 1. The highest BCUT2D eigenvalue weighted by Gasteiger charge is 2.31. The van der Waals surface area contributed by atoms with Crippen LogP contribution in [0.25, 0.3) is 22.3 Å². The molecule has 0 aliphatic heterocycles. The van der Waals surface area contributed by atoms with Crippen molar-refractivity contribution in [1.29, 1.82) is 0 Å². The van der Waals surface area contributed by atoms with Gasteiger partial charge >= 0.3 is 0 Å². The maximum Gasteiger partial charge on any atom is 0.234 e. The molecule has 1 aliphatic carbocycles. The van der Waals surface area contributed by atoms with Crippen LogP contribution in [0.5, 0.6) is 0 Å². The zero-order valence-electron chi connectivity index (χ0n) is 15.7. The molecule has 1 aliphatic rings. The number of hydrogen-bond donors (Lipinski definition) is 2. The maximum absolute atomic E-state index is 14.7. The van der Waals surface area contributed by atoms with Crippen molar-refractivity contribution in [2.45, 2.75) is 32.2 Å². The average molecular weight is 417 g/mol. The summed E-state index contributed by atoms with van der Waals surface area (Å²) in [6, 6.07) is 6.04. The van der Waals surface area contributed by atoms with Gasteiger partial charge in [0, 0.05) is 23.2 Å². The van der Waals surface area contributed by atoms with Crippen LogP contribution in [0, 0.1) is 5.82 Å². The first-order valence-corrected chi connectivity index (χ1v) is 11.0. The number of nitrogens with zero attached hydrogens (tertiary/aromatic N) is 3. The quantitative estimate of drug-likeness (QED) is 0.548. The van der Waals surface area contributed by atoms with Crippen LogP contribution in [-0.2, 0) is 14.8 Å². The Morgan fingerprint density at radius 3 is 2.76 bits per heavy atom. The minimum atomic E-state index is -3.60. The first kappa shape index (κ1) is 19.3. The van der Waals surface area contributed by atoms with E-state index >= 15 is 0 Å². The van der Waals surface area contributed by atoms with Gasteiger partial charge in [0.05, 0.1) is 17.1 Å². The summed E-state index contributed by atoms with van der Waals surface area (Å²) in [7, 11) is -3.60. The van der Waals surface area contributed by atoms with E-state index in [-0.39, 0.29) is 23.4 Å². The zero-order chi connectivity index (χ0) is 20.6. The number of sulfonamides is 1. The molecule has 2 N–H and O–H groups in total. The van der Waals surface area contributed by atoms with Gasteiger partial charge in [0.25, 0.3) is 0 Å². The number of benzene rings is 1. The Kier molecular flexibility index (Phi) is 4.95. The molecule has 8 nitrogen and oxygen atoms in total. The number of aromatic nitrogens is 3. The number of rotatable bonds is 8. The second-order valence-corrected chi connectivity index (χ2v) is 8.81. The standard InChI is InChI=1S/C19H20FN5O3S/c1-2-9-29(27,28)24-16-6-3-12(10-15(16)20)17-14-7-8-21-18(14)23-19(22-17)25(11-26)13-4-5-13/h3,6-8,10-11,13,24H,2,4-5,9H2,1H3,(H,21,22,23). The van der Waals surface area contributed by atoms with E-state index in [2.05, 4.69) is 19.7 Å². The van der Waals surface area contributed by atoms with Gasteiger partial charge < -0.3 is 4.98 Å². The summed E-state index contributed by atoms with van der Waals surface area (Å²) < 4.78 is 40.8. The summed E-state index contributed by atoms with van der Waals surface area (Å²) in [6.45, 7) is 1.73. The second-order valence-electron chi connectivity index (χ2n) is 6.97. The van der Waals surface area contributed by atoms with Crippen molar-refractivity contribution in [3.05, 3.63) is 36.3 Å². The maximum atomic E-state index is 14.7. The summed E-state index contributed by atoms with van der Waals surface area (Å²) in [5, 5.41) is 0.675. The van der Waals surface area contributed by atoms with Gasteiger partial charge in [-0.2, -0.15) is 4.98 Å². The number of carbonyl (C=O) groups is 1. The molecule has 2 heterocycles. The first-order valence-electron chi connectivity index (χ1n) is 9.31. The summed E-state index contributed by atoms with van der Waals surface area (Å²) in [6.07, 6.45) is 4.61. The molecule has 3 aromatic rings. The van der Waals surface area contributed by atoms with E-state index in [0.29, 0.717) is 35.1 Å². The molecule has 1 fully saturated rings. The molecule has 1 amide bonds. The summed E-state index contributed by atoms with van der Waals surface area (Å²) in [5.74, 6) is -0.545. The molecule has 10 heteroatoms. The van der Waals surface area contributed by atoms with Crippen LogP contribution < -0.4 is 9.62 Å². The Hall–Kier alpha value is -3.01. The molecular weight excluding hydrogens is 397 g/mol. The Bertz CT molecular complexity index is 1170. The monoisotopic (exact) mass is 417 g/mol. The van der Waals surface area contributed by atoms with Crippen molar-refractivity contribution >= 4 is 39.1 Å². The normalized spacial score (nSPS) is 14.1. The largest absolute Gasteiger partial charge is 0.346 e. The topological polar surface area (TPSA) is 108 Å². The fraction of sp³-hybridized carbons (Fsp3) is 0.316. The van der Waals surface area contributed by atoms with Crippen LogP contribution in [-0.4, -0.2) is 41.6 Å². The molecule has 0 atom stereocenters. The van der Waals surface area contributed by atoms with Crippen LogP contribution in [0.15, 0.2) is 30.5 Å². The average Bonchev–Trinajstić information content (AvgIpc) is 3.39. The lowest BCUT2D eigenvalue weighted by molar-refractivity contribution is -0.107. The predicted molar refractivity (Wildman–Crippen MR) is 109 cm³/mol. The lowest BCUT2D eigenvalue weighted by Gasteiger charge is -2.16. The minimum absolute atomic E-state index is 0.0832. The van der Waals surface area contributed by atoms with E-state index in [1.54, 1.807) is 25.3 Å². The number of hydrogen-bond acceptors (Lipinski definition) is 5. The third-order valence-electron chi connectivity index (χ3n) is 4.67. The predicted octanol–water partition coefficient (Wildman–Crippen LogP) is 3.04. The second kappa shape index (κ2) is 7.43. The van der Waals surface area contributed by atoms with E-state index < -0.39 is 15.8 Å². The minimum Gasteiger partial charge on any atom is -0.346 e. The Labute approximate surface area is 167 Å². The molecule has 0 unspecified atom stereocenters. The molecule has 4 rings (SSSR count). The van der Waals surface area contributed by atoms with Crippen LogP contribution in [0.2, 0.25) is 0 Å². The van der Waals surface area contributed by atoms with Crippen molar-refractivity contribution < 1.29 is 17.6 Å². The highest BCUT2D eigenvalue weighted by Crippen LogP contribution is 2.33. The lowest BCUT2D eigenvalue weighted by Crippen LogP contribution is -2.25. The van der Waals surface area contributed by atoms with Crippen LogP contribution in [0.1, 0.15) is 26.2 Å². The van der Waals surface area contributed by atoms with Gasteiger partial charge in [-0.05, 0) is 37.5 Å². The molecule has 0 saturated heterocycles. The molecule has 29 heavy (non-hydrogen) atoms. The number of nitrogens with one attached hydrogen (secondary N) is 2. The third-order valence-corrected chi connectivity index (χ3v) is 6.15. The number of H-pyrrole nitrogens is 1. The Morgan fingerprint density at radius 2 is 2.10 bits per heavy atom. The molecule has 1 aromatic carbocycles. The number of halogens is 1. The van der Waals surface area contributed by atoms with Gasteiger partial charge in [-0.25, -0.2) is 17.8 Å². The van der Waals surface area contributed by atoms with Crippen molar-refractivity contribution in [2.75, 3.05) is 15.4 Å². The van der Waals surface area contributed by atoms with Crippen LogP contribution in [0.4, 0.5) is 16.0 Å². The smallest absolute Gasteiger partial charge is 0.234 e. The van der Waals surface area contributed by atoms with Crippen molar-refractivity contribution in [3.8, 4) is 11.3 Å². The highest BCUT2D eigenvalue weighted by molar-refractivity contribution is 7.92. The van der Waals surface area contributed by atoms with Crippen LogP contribution >= 0.6 is 0 Å². The zero-order valence-corrected chi connectivity index (χ0v) is 16.5. The summed E-state index contributed by atoms with van der Waals surface area (Å²) in [5.41, 5.74) is 1.33. The van der Waals surface area contributed by atoms with E-state index in [1.165, 1.54) is 17.0 Å². The Balaban J connectivity index is 1.75. The number of anilines is 2. The third kappa shape index (κ3) is 3.93. The van der Waals surface area contributed by atoms with Gasteiger partial charge in [0.2, 0.25) is 22.4 Å². The molecule has 2 aromatic heterocycles. The fourth-order valence-corrected chi connectivity index (χ4v) is 4.29. The molecule has 1 saturated carbocycles. The lowest BCUT2D eigenvalue weighted by atomic mass is 10.1. The molecule has 0 bridgehead atoms. The molecule has 0 spiro atoms. The van der Waals surface area contributed by atoms with E-state index in [4.69, 9.17) is 0 Å². The SMILES string of the molecule is CCCS(=O)(=O)Nc1ccc(-c2nc(N(C=O)C3CC3)nc3[nH]ccc23)cc1F. The van der Waals surface area contributed by atoms with Crippen molar-refractivity contribution in [2.24, 2.45) is 0 Å². The summed E-state index contributed by atoms with van der Waals surface area (Å²) >= 11 is 0. The van der Waals surface area contributed by atoms with Gasteiger partial charge in [-0.1, -0.05) is 13.0 Å². The van der Waals surface area contributed by atoms with E-state index in [1.807, 2.05) is 0 Å². The summed E-state index contributed by atoms with van der Waals surface area (Å²) in [4.78, 5) is 24.9. The fourth-order valence-electron chi connectivity index (χ4n) is 3.15. The number of amides is 1. The molecule has 152 valence electrons. The van der Waals surface area contributed by atoms with Crippen molar-refractivity contribution in [1.82, 2.24) is 15.0 Å². The van der Waals surface area contributed by atoms with Gasteiger partial charge in [-0.3, -0.25) is 14.4 Å². The van der Waals surface area contributed by atoms with Crippen molar-refractivity contribution in [3.63, 3.8) is 0 Å². The van der Waals surface area contributed by atoms with Crippen LogP contribution in [0.3, 0.4) is 0 Å². The molecule has 0 radical (unpaired) electrons. The molecular formula is C19H20FN5O3S.